The predicted molar refractivity (Wildman–Crippen MR) is 253 cm³/mol. The highest BCUT2D eigenvalue weighted by atomic mass is 16.6. The Balaban J connectivity index is 4.20. The SMILES string of the molecule is CCCCCCCCCCCCCCCCCC(=O)OC(=O)C(CCCCCCCCCCCCCCCC(C)C)CCCCCCCCCCCCCC(C)C. The molecule has 0 N–H and O–H groups in total. The van der Waals surface area contributed by atoms with Crippen LogP contribution in [-0.4, -0.2) is 11.9 Å². The average molecular weight is 803 g/mol. The van der Waals surface area contributed by atoms with Crippen LogP contribution in [-0.2, 0) is 14.3 Å². The lowest BCUT2D eigenvalue weighted by atomic mass is 9.94. The van der Waals surface area contributed by atoms with Crippen LogP contribution in [0.15, 0.2) is 0 Å². The largest absolute Gasteiger partial charge is 0.393 e. The number of hydrogen-bond acceptors (Lipinski definition) is 3. The van der Waals surface area contributed by atoms with E-state index in [1.165, 1.54) is 238 Å². The van der Waals surface area contributed by atoms with Crippen molar-refractivity contribution >= 4 is 11.9 Å². The van der Waals surface area contributed by atoms with Crippen LogP contribution in [0.25, 0.3) is 0 Å². The summed E-state index contributed by atoms with van der Waals surface area (Å²) < 4.78 is 5.50. The van der Waals surface area contributed by atoms with Gasteiger partial charge in [0.25, 0.3) is 0 Å². The minimum atomic E-state index is -0.286. The highest BCUT2D eigenvalue weighted by Crippen LogP contribution is 2.23. The summed E-state index contributed by atoms with van der Waals surface area (Å²) in [5.74, 6) is 1.09. The van der Waals surface area contributed by atoms with E-state index in [-0.39, 0.29) is 17.9 Å². The Kier molecular flexibility index (Phi) is 45.5. The maximum atomic E-state index is 13.2. The summed E-state index contributed by atoms with van der Waals surface area (Å²) in [6.07, 6.45) is 56.7. The molecule has 0 saturated heterocycles. The van der Waals surface area contributed by atoms with E-state index in [0.29, 0.717) is 6.42 Å². The van der Waals surface area contributed by atoms with Gasteiger partial charge in [0.2, 0.25) is 0 Å². The van der Waals surface area contributed by atoms with Gasteiger partial charge in [0, 0.05) is 6.42 Å². The van der Waals surface area contributed by atoms with Gasteiger partial charge in [-0.15, -0.1) is 0 Å². The van der Waals surface area contributed by atoms with Gasteiger partial charge in [-0.25, -0.2) is 0 Å². The molecule has 0 saturated carbocycles. The summed E-state index contributed by atoms with van der Waals surface area (Å²) in [6, 6.07) is 0. The van der Waals surface area contributed by atoms with Crippen LogP contribution in [0.2, 0.25) is 0 Å². The van der Waals surface area contributed by atoms with Crippen molar-refractivity contribution in [2.24, 2.45) is 17.8 Å². The molecular weight excluding hydrogens is 697 g/mol. The summed E-state index contributed by atoms with van der Waals surface area (Å²) in [5.41, 5.74) is 0. The lowest BCUT2D eigenvalue weighted by molar-refractivity contribution is -0.163. The second-order valence-electron chi connectivity index (χ2n) is 19.6. The topological polar surface area (TPSA) is 43.4 Å². The van der Waals surface area contributed by atoms with Crippen molar-refractivity contribution < 1.29 is 14.3 Å². The zero-order valence-corrected chi connectivity index (χ0v) is 40.1. The van der Waals surface area contributed by atoms with Gasteiger partial charge in [0.15, 0.2) is 0 Å². The number of ether oxygens (including phenoxy) is 1. The average Bonchev–Trinajstić information content (AvgIpc) is 3.18. The summed E-state index contributed by atoms with van der Waals surface area (Å²) in [7, 11) is 0. The van der Waals surface area contributed by atoms with Crippen molar-refractivity contribution in [1.82, 2.24) is 0 Å². The highest BCUT2D eigenvalue weighted by molar-refractivity contribution is 5.86. The van der Waals surface area contributed by atoms with E-state index >= 15 is 0 Å². The summed E-state index contributed by atoms with van der Waals surface area (Å²) in [6.45, 7) is 11.6. The number of hydrogen-bond donors (Lipinski definition) is 0. The maximum Gasteiger partial charge on any atom is 0.316 e. The Morgan fingerprint density at radius 2 is 0.544 bits per heavy atom. The molecule has 0 rings (SSSR count). The normalized spacial score (nSPS) is 12.3. The molecule has 0 aromatic heterocycles. The fourth-order valence-electron chi connectivity index (χ4n) is 8.69. The van der Waals surface area contributed by atoms with Gasteiger partial charge in [-0.1, -0.05) is 291 Å². The molecule has 0 aliphatic heterocycles. The molecule has 0 aliphatic rings. The quantitative estimate of drug-likeness (QED) is 0.0350. The predicted octanol–water partition coefficient (Wildman–Crippen LogP) is 19.2. The number of carbonyl (C=O) groups excluding carboxylic acids is 2. The number of rotatable bonds is 47. The van der Waals surface area contributed by atoms with Crippen LogP contribution in [0, 0.1) is 17.8 Å². The molecule has 0 fully saturated rings. The first-order chi connectivity index (χ1) is 27.9. The third-order valence-electron chi connectivity index (χ3n) is 12.7. The van der Waals surface area contributed by atoms with Crippen molar-refractivity contribution in [3.8, 4) is 0 Å². The Labute approximate surface area is 360 Å². The van der Waals surface area contributed by atoms with Gasteiger partial charge >= 0.3 is 11.9 Å². The van der Waals surface area contributed by atoms with E-state index in [1.807, 2.05) is 0 Å². The first kappa shape index (κ1) is 56.1. The molecular formula is C54H106O3. The van der Waals surface area contributed by atoms with Crippen molar-refractivity contribution in [2.75, 3.05) is 0 Å². The van der Waals surface area contributed by atoms with Crippen molar-refractivity contribution in [2.45, 2.75) is 317 Å². The molecule has 340 valence electrons. The van der Waals surface area contributed by atoms with E-state index in [1.54, 1.807) is 0 Å². The maximum absolute atomic E-state index is 13.2. The second kappa shape index (κ2) is 46.2. The zero-order valence-electron chi connectivity index (χ0n) is 40.1. The minimum Gasteiger partial charge on any atom is -0.393 e. The molecule has 0 radical (unpaired) electrons. The van der Waals surface area contributed by atoms with Crippen molar-refractivity contribution in [3.05, 3.63) is 0 Å². The second-order valence-corrected chi connectivity index (χ2v) is 19.6. The molecule has 0 heterocycles. The lowest BCUT2D eigenvalue weighted by Crippen LogP contribution is -2.21. The Morgan fingerprint density at radius 1 is 0.316 bits per heavy atom. The molecule has 0 aromatic rings. The number of carbonyl (C=O) groups is 2. The molecule has 1 unspecified atom stereocenters. The molecule has 0 aromatic carbocycles. The van der Waals surface area contributed by atoms with Crippen molar-refractivity contribution in [3.63, 3.8) is 0 Å². The summed E-state index contributed by atoms with van der Waals surface area (Å²) in [4.78, 5) is 25.9. The van der Waals surface area contributed by atoms with Gasteiger partial charge in [-0.05, 0) is 31.1 Å². The molecule has 0 bridgehead atoms. The molecule has 0 amide bonds. The van der Waals surface area contributed by atoms with Crippen LogP contribution >= 0.6 is 0 Å². The third kappa shape index (κ3) is 46.1. The van der Waals surface area contributed by atoms with Gasteiger partial charge in [-0.2, -0.15) is 0 Å². The van der Waals surface area contributed by atoms with Gasteiger partial charge in [0.05, 0.1) is 5.92 Å². The van der Waals surface area contributed by atoms with E-state index in [9.17, 15) is 9.59 Å². The monoisotopic (exact) mass is 803 g/mol. The highest BCUT2D eigenvalue weighted by Gasteiger charge is 2.22. The zero-order chi connectivity index (χ0) is 41.7. The smallest absolute Gasteiger partial charge is 0.316 e. The van der Waals surface area contributed by atoms with Crippen LogP contribution in [0.3, 0.4) is 0 Å². The Morgan fingerprint density at radius 3 is 0.807 bits per heavy atom. The molecule has 1 atom stereocenters. The molecule has 0 spiro atoms. The van der Waals surface area contributed by atoms with Gasteiger partial charge in [0.1, 0.15) is 0 Å². The molecule has 0 aliphatic carbocycles. The van der Waals surface area contributed by atoms with E-state index in [0.717, 1.165) is 50.4 Å². The standard InChI is InChI=1S/C54H106O3/c1-6-7-8-9-10-11-12-13-14-18-24-29-34-39-44-49-53(55)57-54(56)52(48-43-38-33-28-23-19-21-26-31-36-41-46-51(4)5)47-42-37-32-27-22-17-15-16-20-25-30-35-40-45-50(2)3/h50-52H,6-49H2,1-5H3. The number of esters is 2. The lowest BCUT2D eigenvalue weighted by Gasteiger charge is -2.15. The van der Waals surface area contributed by atoms with Crippen LogP contribution in [0.1, 0.15) is 317 Å². The Bertz CT molecular complexity index is 803. The van der Waals surface area contributed by atoms with Crippen LogP contribution < -0.4 is 0 Å². The fraction of sp³-hybridized carbons (Fsp3) is 0.963. The van der Waals surface area contributed by atoms with Crippen LogP contribution in [0.4, 0.5) is 0 Å². The third-order valence-corrected chi connectivity index (χ3v) is 12.7. The van der Waals surface area contributed by atoms with E-state index < -0.39 is 0 Å². The van der Waals surface area contributed by atoms with Crippen molar-refractivity contribution in [1.29, 1.82) is 0 Å². The summed E-state index contributed by atoms with van der Waals surface area (Å²) in [5, 5.41) is 0. The minimum absolute atomic E-state index is 0.101. The van der Waals surface area contributed by atoms with Gasteiger partial charge in [-0.3, -0.25) is 9.59 Å². The summed E-state index contributed by atoms with van der Waals surface area (Å²) >= 11 is 0. The Hall–Kier alpha value is -0.860. The first-order valence-electron chi connectivity index (χ1n) is 26.6. The molecule has 57 heavy (non-hydrogen) atoms. The first-order valence-corrected chi connectivity index (χ1v) is 26.6. The van der Waals surface area contributed by atoms with Gasteiger partial charge < -0.3 is 4.74 Å². The van der Waals surface area contributed by atoms with E-state index in [4.69, 9.17) is 4.74 Å². The fourth-order valence-corrected chi connectivity index (χ4v) is 8.69. The van der Waals surface area contributed by atoms with Crippen LogP contribution in [0.5, 0.6) is 0 Å². The van der Waals surface area contributed by atoms with E-state index in [2.05, 4.69) is 34.6 Å². The molecule has 3 heteroatoms. The molecule has 3 nitrogen and oxygen atoms in total. The number of unbranched alkanes of at least 4 members (excludes halogenated alkanes) is 36.